The van der Waals surface area contributed by atoms with Crippen molar-refractivity contribution in [2.24, 2.45) is 0 Å². The fourth-order valence-corrected chi connectivity index (χ4v) is 1.29. The van der Waals surface area contributed by atoms with Crippen LogP contribution in [0.1, 0.15) is 24.6 Å². The van der Waals surface area contributed by atoms with Gasteiger partial charge < -0.3 is 14.9 Å². The highest BCUT2D eigenvalue weighted by atomic mass is 19.3. The number of ether oxygens (including phenoxy) is 1. The van der Waals surface area contributed by atoms with Crippen LogP contribution in [0.4, 0.5) is 14.6 Å². The largest absolute Gasteiger partial charge is 0.466 e. The number of esters is 1. The highest BCUT2D eigenvalue weighted by Crippen LogP contribution is 2.24. The smallest absolute Gasteiger partial charge is 0.363 e. The first-order valence-corrected chi connectivity index (χ1v) is 5.03. The summed E-state index contributed by atoms with van der Waals surface area (Å²) in [5.74, 6) is -1.34. The van der Waals surface area contributed by atoms with Crippen LogP contribution in [0.15, 0.2) is 12.1 Å². The maximum atomic E-state index is 12.6. The Hall–Kier alpha value is -2.12. The number of alkyl halides is 2. The third kappa shape index (κ3) is 3.44. The van der Waals surface area contributed by atoms with Gasteiger partial charge in [0.05, 0.1) is 12.2 Å². The molecule has 18 heavy (non-hydrogen) atoms. The Labute approximate surface area is 101 Å². The minimum absolute atomic E-state index is 0.0950. The van der Waals surface area contributed by atoms with E-state index in [2.05, 4.69) is 9.72 Å². The number of carbonyl (C=O) groups excluding carboxylic acids is 1. The van der Waals surface area contributed by atoms with E-state index in [1.165, 1.54) is 0 Å². The molecule has 0 bridgehead atoms. The number of hydrogen-bond acceptors (Lipinski definition) is 5. The van der Waals surface area contributed by atoms with Gasteiger partial charge in [-0.3, -0.25) is 4.79 Å². The van der Waals surface area contributed by atoms with Crippen LogP contribution in [0.2, 0.25) is 0 Å². The van der Waals surface area contributed by atoms with Gasteiger partial charge in [0.15, 0.2) is 5.69 Å². The SMILES string of the molecule is CCOC(=O)Cc1nc([N+](=O)[O-])ccc1C(F)F. The summed E-state index contributed by atoms with van der Waals surface area (Å²) in [6.07, 6.45) is -3.38. The van der Waals surface area contributed by atoms with Crippen LogP contribution in [-0.4, -0.2) is 22.5 Å². The minimum atomic E-state index is -2.86. The van der Waals surface area contributed by atoms with Gasteiger partial charge in [0.2, 0.25) is 0 Å². The van der Waals surface area contributed by atoms with Gasteiger partial charge in [-0.25, -0.2) is 8.78 Å². The molecular weight excluding hydrogens is 250 g/mol. The molecule has 6 nitrogen and oxygen atoms in total. The number of nitrogens with zero attached hydrogens (tertiary/aromatic N) is 2. The van der Waals surface area contributed by atoms with Crippen molar-refractivity contribution < 1.29 is 23.2 Å². The number of hydrogen-bond donors (Lipinski definition) is 0. The van der Waals surface area contributed by atoms with Gasteiger partial charge in [-0.2, -0.15) is 0 Å². The van der Waals surface area contributed by atoms with Crippen molar-refractivity contribution in [3.63, 3.8) is 0 Å². The summed E-state index contributed by atoms with van der Waals surface area (Å²) in [7, 11) is 0. The second-order valence-electron chi connectivity index (χ2n) is 3.24. The molecule has 0 saturated carbocycles. The lowest BCUT2D eigenvalue weighted by Gasteiger charge is -2.04. The Balaban J connectivity index is 3.07. The van der Waals surface area contributed by atoms with E-state index >= 15 is 0 Å². The van der Waals surface area contributed by atoms with Crippen LogP contribution < -0.4 is 0 Å². The standard InChI is InChI=1S/C10H10F2N2O4/c1-2-18-9(15)5-7-6(10(11)12)3-4-8(13-7)14(16)17/h3-4,10H,2,5H2,1H3. The number of rotatable bonds is 5. The summed E-state index contributed by atoms with van der Waals surface area (Å²) >= 11 is 0. The summed E-state index contributed by atoms with van der Waals surface area (Å²) in [5.41, 5.74) is -0.841. The van der Waals surface area contributed by atoms with E-state index in [-0.39, 0.29) is 12.3 Å². The topological polar surface area (TPSA) is 82.3 Å². The van der Waals surface area contributed by atoms with Gasteiger partial charge in [-0.15, -0.1) is 0 Å². The summed E-state index contributed by atoms with van der Waals surface area (Å²) in [6.45, 7) is 1.66. The van der Waals surface area contributed by atoms with Crippen molar-refractivity contribution >= 4 is 11.8 Å². The predicted octanol–water partition coefficient (Wildman–Crippen LogP) is 2.03. The predicted molar refractivity (Wildman–Crippen MR) is 56.2 cm³/mol. The first kappa shape index (κ1) is 13.9. The van der Waals surface area contributed by atoms with Crippen molar-refractivity contribution in [3.05, 3.63) is 33.5 Å². The average molecular weight is 260 g/mol. The summed E-state index contributed by atoms with van der Waals surface area (Å²) < 4.78 is 29.9. The Morgan fingerprint density at radius 2 is 2.22 bits per heavy atom. The lowest BCUT2D eigenvalue weighted by atomic mass is 10.1. The van der Waals surface area contributed by atoms with Crippen LogP contribution >= 0.6 is 0 Å². The molecule has 0 amide bonds. The molecule has 98 valence electrons. The molecule has 0 aliphatic carbocycles. The molecule has 0 aliphatic heterocycles. The first-order valence-electron chi connectivity index (χ1n) is 5.03. The average Bonchev–Trinajstić information content (AvgIpc) is 2.28. The van der Waals surface area contributed by atoms with Crippen molar-refractivity contribution in [1.29, 1.82) is 0 Å². The van der Waals surface area contributed by atoms with Gasteiger partial charge in [-0.05, 0) is 22.9 Å². The third-order valence-corrected chi connectivity index (χ3v) is 2.03. The molecule has 1 heterocycles. The summed E-state index contributed by atoms with van der Waals surface area (Å²) in [6, 6.07) is 1.76. The fraction of sp³-hybridized carbons (Fsp3) is 0.400. The molecule has 0 saturated heterocycles. The molecule has 0 unspecified atom stereocenters. The third-order valence-electron chi connectivity index (χ3n) is 2.03. The van der Waals surface area contributed by atoms with Gasteiger partial charge in [0, 0.05) is 6.07 Å². The van der Waals surface area contributed by atoms with Crippen molar-refractivity contribution in [3.8, 4) is 0 Å². The lowest BCUT2D eigenvalue weighted by Crippen LogP contribution is -2.12. The van der Waals surface area contributed by atoms with Gasteiger partial charge in [0.1, 0.15) is 6.42 Å². The molecule has 0 atom stereocenters. The van der Waals surface area contributed by atoms with Gasteiger partial charge in [0.25, 0.3) is 6.43 Å². The van der Waals surface area contributed by atoms with E-state index in [0.717, 1.165) is 12.1 Å². The quantitative estimate of drug-likeness (QED) is 0.459. The van der Waals surface area contributed by atoms with Crippen molar-refractivity contribution in [2.75, 3.05) is 6.61 Å². The second-order valence-corrected chi connectivity index (χ2v) is 3.24. The zero-order valence-electron chi connectivity index (χ0n) is 9.43. The molecule has 0 fully saturated rings. The zero-order chi connectivity index (χ0) is 13.7. The van der Waals surface area contributed by atoms with E-state index < -0.39 is 35.1 Å². The Kier molecular flexibility index (Phi) is 4.64. The number of halogens is 2. The van der Waals surface area contributed by atoms with Crippen LogP contribution in [0.5, 0.6) is 0 Å². The molecule has 0 N–H and O–H groups in total. The van der Waals surface area contributed by atoms with Gasteiger partial charge >= 0.3 is 11.8 Å². The van der Waals surface area contributed by atoms with Crippen molar-refractivity contribution in [2.45, 2.75) is 19.8 Å². The monoisotopic (exact) mass is 260 g/mol. The molecule has 8 heteroatoms. The molecule has 0 spiro atoms. The normalized spacial score (nSPS) is 10.4. The van der Waals surface area contributed by atoms with E-state index in [9.17, 15) is 23.7 Å². The minimum Gasteiger partial charge on any atom is -0.466 e. The van der Waals surface area contributed by atoms with E-state index in [0.29, 0.717) is 0 Å². The highest BCUT2D eigenvalue weighted by Gasteiger charge is 2.23. The number of aromatic nitrogens is 1. The van der Waals surface area contributed by atoms with Gasteiger partial charge in [-0.1, -0.05) is 0 Å². The molecule has 1 rings (SSSR count). The van der Waals surface area contributed by atoms with Crippen LogP contribution in [0, 0.1) is 10.1 Å². The fourth-order valence-electron chi connectivity index (χ4n) is 1.29. The number of nitro groups is 1. The first-order chi connectivity index (χ1) is 8.45. The molecule has 0 radical (unpaired) electrons. The summed E-state index contributed by atoms with van der Waals surface area (Å²) in [5, 5.41) is 10.5. The number of carbonyl (C=O) groups is 1. The van der Waals surface area contributed by atoms with Crippen molar-refractivity contribution in [1.82, 2.24) is 4.98 Å². The zero-order valence-corrected chi connectivity index (χ0v) is 9.43. The Bertz CT molecular complexity index is 465. The molecule has 0 aromatic carbocycles. The Morgan fingerprint density at radius 1 is 1.56 bits per heavy atom. The number of pyridine rings is 1. The maximum absolute atomic E-state index is 12.6. The molecule has 1 aromatic heterocycles. The summed E-state index contributed by atoms with van der Waals surface area (Å²) in [4.78, 5) is 24.3. The molecular formula is C10H10F2N2O4. The van der Waals surface area contributed by atoms with E-state index in [1.54, 1.807) is 6.92 Å². The van der Waals surface area contributed by atoms with Crippen LogP contribution in [0.25, 0.3) is 0 Å². The van der Waals surface area contributed by atoms with E-state index in [4.69, 9.17) is 0 Å². The Morgan fingerprint density at radius 3 is 2.72 bits per heavy atom. The van der Waals surface area contributed by atoms with Crippen LogP contribution in [-0.2, 0) is 16.0 Å². The maximum Gasteiger partial charge on any atom is 0.363 e. The van der Waals surface area contributed by atoms with Crippen LogP contribution in [0.3, 0.4) is 0 Å². The highest BCUT2D eigenvalue weighted by molar-refractivity contribution is 5.72. The van der Waals surface area contributed by atoms with E-state index in [1.807, 2.05) is 0 Å². The molecule has 1 aromatic rings. The lowest BCUT2D eigenvalue weighted by molar-refractivity contribution is -0.389. The molecule has 0 aliphatic rings. The second kappa shape index (κ2) is 5.99.